The Hall–Kier alpha value is -2.10. The van der Waals surface area contributed by atoms with Crippen molar-refractivity contribution in [3.05, 3.63) is 51.8 Å². The number of benzene rings is 1. The van der Waals surface area contributed by atoms with Gasteiger partial charge in [-0.2, -0.15) is 31.4 Å². The van der Waals surface area contributed by atoms with Gasteiger partial charge in [0.05, 0.1) is 22.3 Å². The molecule has 0 unspecified atom stereocenters. The van der Waals surface area contributed by atoms with Crippen molar-refractivity contribution in [2.45, 2.75) is 19.3 Å². The lowest BCUT2D eigenvalue weighted by Gasteiger charge is -2.13. The topological polar surface area (TPSA) is 30.7 Å². The van der Waals surface area contributed by atoms with E-state index >= 15 is 0 Å². The largest absolute Gasteiger partial charge is 0.433 e. The van der Waals surface area contributed by atoms with E-state index in [2.05, 4.69) is 26.0 Å². The van der Waals surface area contributed by atoms with Crippen molar-refractivity contribution in [2.75, 3.05) is 0 Å². The van der Waals surface area contributed by atoms with Gasteiger partial charge in [0.2, 0.25) is 0 Å². The van der Waals surface area contributed by atoms with Crippen molar-refractivity contribution < 1.29 is 26.3 Å². The first-order valence-electron chi connectivity index (χ1n) is 6.79. The van der Waals surface area contributed by atoms with Crippen LogP contribution in [0.25, 0.3) is 16.7 Å². The molecule has 0 aliphatic carbocycles. The molecule has 0 atom stereocenters. The summed E-state index contributed by atoms with van der Waals surface area (Å²) in [5, 5.41) is 3.50. The number of halogens is 7. The first kappa shape index (κ1) is 17.7. The van der Waals surface area contributed by atoms with E-state index in [0.717, 1.165) is 4.68 Å². The van der Waals surface area contributed by atoms with Gasteiger partial charge in [0.1, 0.15) is 5.69 Å². The molecule has 0 aliphatic heterocycles. The molecule has 0 saturated carbocycles. The zero-order valence-electron chi connectivity index (χ0n) is 12.4. The Bertz CT molecular complexity index is 941. The molecule has 0 spiro atoms. The third-order valence-electron chi connectivity index (χ3n) is 3.48. The van der Waals surface area contributed by atoms with Crippen LogP contribution in [0.4, 0.5) is 26.3 Å². The summed E-state index contributed by atoms with van der Waals surface area (Å²) in [6, 6.07) is 6.21. The zero-order valence-corrected chi connectivity index (χ0v) is 14.0. The maximum Gasteiger partial charge on any atom is 0.433 e. The quantitative estimate of drug-likeness (QED) is 0.481. The van der Waals surface area contributed by atoms with Crippen LogP contribution in [0.15, 0.2) is 34.8 Å². The monoisotopic (exact) mass is 423 g/mol. The Balaban J connectivity index is 2.40. The molecule has 25 heavy (non-hydrogen) atoms. The maximum atomic E-state index is 13.3. The fourth-order valence-electron chi connectivity index (χ4n) is 2.42. The predicted octanol–water partition coefficient (Wildman–Crippen LogP) is 5.53. The molecule has 0 bridgehead atoms. The number of fused-ring (bicyclic) bond motifs is 1. The lowest BCUT2D eigenvalue weighted by atomic mass is 10.1. The minimum Gasteiger partial charge on any atom is -0.223 e. The highest BCUT2D eigenvalue weighted by Crippen LogP contribution is 2.40. The molecule has 3 aromatic rings. The van der Waals surface area contributed by atoms with E-state index in [9.17, 15) is 26.3 Å². The number of nitrogens with zero attached hydrogens (tertiary/aromatic N) is 3. The molecule has 0 N–H and O–H groups in total. The first-order chi connectivity index (χ1) is 11.5. The molecule has 0 aliphatic rings. The summed E-state index contributed by atoms with van der Waals surface area (Å²) in [5.41, 5.74) is -3.30. The highest BCUT2D eigenvalue weighted by molar-refractivity contribution is 9.10. The maximum absolute atomic E-state index is 13.3. The van der Waals surface area contributed by atoms with Gasteiger partial charge < -0.3 is 0 Å². The fraction of sp³-hybridized carbons (Fsp3) is 0.200. The zero-order chi connectivity index (χ0) is 18.6. The molecule has 0 amide bonds. The first-order valence-corrected chi connectivity index (χ1v) is 7.58. The van der Waals surface area contributed by atoms with Gasteiger partial charge in [-0.15, -0.1) is 0 Å². The van der Waals surface area contributed by atoms with Crippen LogP contribution < -0.4 is 0 Å². The summed E-state index contributed by atoms with van der Waals surface area (Å²) in [4.78, 5) is 3.40. The number of rotatable bonds is 1. The second-order valence-corrected chi connectivity index (χ2v) is 6.14. The molecule has 2 heterocycles. The van der Waals surface area contributed by atoms with E-state index in [4.69, 9.17) is 0 Å². The fourth-order valence-corrected chi connectivity index (χ4v) is 2.68. The van der Waals surface area contributed by atoms with Gasteiger partial charge in [0.25, 0.3) is 0 Å². The Kier molecular flexibility index (Phi) is 4.05. The van der Waals surface area contributed by atoms with Gasteiger partial charge in [-0.25, -0.2) is 9.67 Å². The van der Waals surface area contributed by atoms with Crippen molar-refractivity contribution in [3.8, 4) is 5.69 Å². The van der Waals surface area contributed by atoms with E-state index in [-0.39, 0.29) is 11.8 Å². The molecule has 10 heteroatoms. The number of aryl methyl sites for hydroxylation is 1. The molecule has 3 nitrogen and oxygen atoms in total. The smallest absolute Gasteiger partial charge is 0.223 e. The summed E-state index contributed by atoms with van der Waals surface area (Å²) >= 11 is 3.21. The summed E-state index contributed by atoms with van der Waals surface area (Å²) < 4.78 is 80.6. The molecule has 132 valence electrons. The third kappa shape index (κ3) is 3.22. The average Bonchev–Trinajstić information content (AvgIpc) is 2.83. The summed E-state index contributed by atoms with van der Waals surface area (Å²) in [7, 11) is 0. The van der Waals surface area contributed by atoms with Crippen molar-refractivity contribution in [3.63, 3.8) is 0 Å². The van der Waals surface area contributed by atoms with Crippen LogP contribution in [0, 0.1) is 6.92 Å². The van der Waals surface area contributed by atoms with Crippen molar-refractivity contribution in [1.29, 1.82) is 0 Å². The third-order valence-corrected chi connectivity index (χ3v) is 4.01. The van der Waals surface area contributed by atoms with Gasteiger partial charge in [-0.1, -0.05) is 15.9 Å². The SMILES string of the molecule is Cc1nn(-c2ccc(Br)cc2)c2nc(C(F)(F)F)cc(C(F)(F)F)c12. The van der Waals surface area contributed by atoms with Gasteiger partial charge in [-0.3, -0.25) is 0 Å². The van der Waals surface area contributed by atoms with Crippen molar-refractivity contribution >= 4 is 27.0 Å². The van der Waals surface area contributed by atoms with Crippen LogP contribution >= 0.6 is 15.9 Å². The van der Waals surface area contributed by atoms with Crippen LogP contribution in [-0.4, -0.2) is 14.8 Å². The lowest BCUT2D eigenvalue weighted by Crippen LogP contribution is -2.14. The number of hydrogen-bond donors (Lipinski definition) is 0. The molecule has 0 radical (unpaired) electrons. The summed E-state index contributed by atoms with van der Waals surface area (Å²) in [6.07, 6.45) is -9.99. The molecule has 0 saturated heterocycles. The Morgan fingerprint density at radius 1 is 0.960 bits per heavy atom. The van der Waals surface area contributed by atoms with Crippen LogP contribution in [0.3, 0.4) is 0 Å². The van der Waals surface area contributed by atoms with E-state index < -0.39 is 34.6 Å². The van der Waals surface area contributed by atoms with Crippen LogP contribution in [0.1, 0.15) is 17.0 Å². The average molecular weight is 424 g/mol. The van der Waals surface area contributed by atoms with Crippen LogP contribution in [0.2, 0.25) is 0 Å². The molecule has 0 fully saturated rings. The van der Waals surface area contributed by atoms with Crippen LogP contribution in [-0.2, 0) is 12.4 Å². The Labute approximate surface area is 145 Å². The second-order valence-electron chi connectivity index (χ2n) is 5.22. The number of hydrogen-bond acceptors (Lipinski definition) is 2. The molecular formula is C15H8BrF6N3. The normalized spacial score (nSPS) is 12.8. The van der Waals surface area contributed by atoms with E-state index in [1.54, 1.807) is 12.1 Å². The standard InChI is InChI=1S/C15H8BrF6N3/c1-7-12-10(14(17,18)19)6-11(15(20,21)22)23-13(12)25(24-7)9-4-2-8(16)3-5-9/h2-6H,1H3. The van der Waals surface area contributed by atoms with E-state index in [0.29, 0.717) is 10.2 Å². The molecule has 3 rings (SSSR count). The summed E-state index contributed by atoms with van der Waals surface area (Å²) in [6.45, 7) is 1.29. The van der Waals surface area contributed by atoms with Crippen molar-refractivity contribution in [1.82, 2.24) is 14.8 Å². The minimum atomic E-state index is -5.02. The number of alkyl halides is 6. The molecular weight excluding hydrogens is 416 g/mol. The second kappa shape index (κ2) is 5.72. The lowest BCUT2D eigenvalue weighted by molar-refractivity contribution is -0.144. The number of aromatic nitrogens is 3. The molecule has 2 aromatic heterocycles. The van der Waals surface area contributed by atoms with Gasteiger partial charge in [0.15, 0.2) is 5.65 Å². The number of pyridine rings is 1. The van der Waals surface area contributed by atoms with Crippen LogP contribution in [0.5, 0.6) is 0 Å². The van der Waals surface area contributed by atoms with Gasteiger partial charge in [0, 0.05) is 4.47 Å². The van der Waals surface area contributed by atoms with Gasteiger partial charge in [-0.05, 0) is 37.3 Å². The highest BCUT2D eigenvalue weighted by Gasteiger charge is 2.40. The van der Waals surface area contributed by atoms with E-state index in [1.165, 1.54) is 19.1 Å². The van der Waals surface area contributed by atoms with Crippen molar-refractivity contribution in [2.24, 2.45) is 0 Å². The Morgan fingerprint density at radius 3 is 2.08 bits per heavy atom. The van der Waals surface area contributed by atoms with E-state index in [1.807, 2.05) is 0 Å². The minimum absolute atomic E-state index is 0.0168. The predicted molar refractivity (Wildman–Crippen MR) is 81.3 cm³/mol. The molecule has 1 aromatic carbocycles. The Morgan fingerprint density at radius 2 is 1.56 bits per heavy atom. The highest BCUT2D eigenvalue weighted by atomic mass is 79.9. The van der Waals surface area contributed by atoms with Gasteiger partial charge >= 0.3 is 12.4 Å². The summed E-state index contributed by atoms with van der Waals surface area (Å²) in [5.74, 6) is 0.